The molecule has 2 heteroatoms. The minimum Gasteiger partial charge on any atom is -0.370 e. The van der Waals surface area contributed by atoms with Crippen LogP contribution in [0.1, 0.15) is 58.8 Å². The average Bonchev–Trinajstić information content (AvgIpc) is 3.28. The molecule has 4 aliphatic rings. The molecule has 6 unspecified atom stereocenters. The van der Waals surface area contributed by atoms with Gasteiger partial charge in [0.15, 0.2) is 0 Å². The summed E-state index contributed by atoms with van der Waals surface area (Å²) in [6.45, 7) is 4.97. The summed E-state index contributed by atoms with van der Waals surface area (Å²) in [6.07, 6.45) is 12.0. The first-order valence-corrected chi connectivity index (χ1v) is 8.01. The Kier molecular flexibility index (Phi) is 2.58. The van der Waals surface area contributed by atoms with Crippen molar-refractivity contribution in [2.45, 2.75) is 83.2 Å². The molecule has 2 saturated carbocycles. The molecule has 0 amide bonds. The fraction of sp³-hybridized carbons (Fsp3) is 1.00. The Hall–Kier alpha value is -0.0800. The van der Waals surface area contributed by atoms with Crippen LogP contribution in [0.15, 0.2) is 0 Å². The third kappa shape index (κ3) is 1.76. The molecule has 0 aromatic carbocycles. The van der Waals surface area contributed by atoms with Crippen LogP contribution < -0.4 is 0 Å². The fourth-order valence-electron chi connectivity index (χ4n) is 4.92. The smallest absolute Gasteiger partial charge is 0.0844 e. The maximum absolute atomic E-state index is 5.74. The van der Waals surface area contributed by atoms with Crippen LogP contribution in [0.25, 0.3) is 0 Å². The first-order valence-electron chi connectivity index (χ1n) is 8.01. The summed E-state index contributed by atoms with van der Waals surface area (Å²) < 4.78 is 11.5. The largest absolute Gasteiger partial charge is 0.370 e. The molecule has 4 fully saturated rings. The van der Waals surface area contributed by atoms with Crippen LogP contribution in [0.3, 0.4) is 0 Å². The predicted octanol–water partition coefficient (Wildman–Crippen LogP) is 3.54. The van der Waals surface area contributed by atoms with Crippen LogP contribution in [0, 0.1) is 17.3 Å². The Morgan fingerprint density at radius 1 is 0.833 bits per heavy atom. The van der Waals surface area contributed by atoms with Gasteiger partial charge in [-0.05, 0) is 55.8 Å². The van der Waals surface area contributed by atoms with Crippen LogP contribution in [-0.4, -0.2) is 24.4 Å². The Labute approximate surface area is 110 Å². The molecule has 2 nitrogen and oxygen atoms in total. The molecule has 2 saturated heterocycles. The first kappa shape index (κ1) is 11.7. The van der Waals surface area contributed by atoms with E-state index in [1.807, 2.05) is 0 Å². The van der Waals surface area contributed by atoms with Crippen molar-refractivity contribution in [3.63, 3.8) is 0 Å². The summed E-state index contributed by atoms with van der Waals surface area (Å²) in [5.41, 5.74) is 0.536. The Bertz CT molecular complexity index is 312. The molecule has 0 radical (unpaired) electrons. The highest BCUT2D eigenvalue weighted by Gasteiger charge is 2.53. The number of rotatable bonds is 3. The van der Waals surface area contributed by atoms with Crippen molar-refractivity contribution in [3.8, 4) is 0 Å². The van der Waals surface area contributed by atoms with Gasteiger partial charge in [0.1, 0.15) is 0 Å². The number of epoxide rings is 2. The Morgan fingerprint density at radius 3 is 1.72 bits per heavy atom. The predicted molar refractivity (Wildman–Crippen MR) is 70.4 cm³/mol. The SMILES string of the molecule is CCC(C)(C1CCC2OC2C1)C1CCC2OC2C1. The van der Waals surface area contributed by atoms with Gasteiger partial charge in [0, 0.05) is 0 Å². The topological polar surface area (TPSA) is 25.1 Å². The van der Waals surface area contributed by atoms with E-state index < -0.39 is 0 Å². The van der Waals surface area contributed by atoms with E-state index in [-0.39, 0.29) is 0 Å². The van der Waals surface area contributed by atoms with Crippen molar-refractivity contribution in [3.05, 3.63) is 0 Å². The molecule has 0 spiro atoms. The number of ether oxygens (including phenoxy) is 2. The molecular weight excluding hydrogens is 224 g/mol. The van der Waals surface area contributed by atoms with Gasteiger partial charge in [-0.2, -0.15) is 0 Å². The second kappa shape index (κ2) is 3.96. The molecule has 0 aromatic rings. The maximum atomic E-state index is 5.74. The minimum atomic E-state index is 0.536. The molecule has 0 bridgehead atoms. The van der Waals surface area contributed by atoms with E-state index in [1.165, 1.54) is 44.9 Å². The van der Waals surface area contributed by atoms with Gasteiger partial charge >= 0.3 is 0 Å². The summed E-state index contributed by atoms with van der Waals surface area (Å²) >= 11 is 0. The lowest BCUT2D eigenvalue weighted by Gasteiger charge is -2.45. The van der Waals surface area contributed by atoms with Crippen LogP contribution in [0.5, 0.6) is 0 Å². The van der Waals surface area contributed by atoms with E-state index in [0.717, 1.165) is 11.8 Å². The van der Waals surface area contributed by atoms with E-state index in [9.17, 15) is 0 Å². The van der Waals surface area contributed by atoms with Crippen molar-refractivity contribution in [1.29, 1.82) is 0 Å². The highest BCUT2D eigenvalue weighted by Crippen LogP contribution is 2.55. The zero-order valence-corrected chi connectivity index (χ0v) is 11.7. The van der Waals surface area contributed by atoms with E-state index in [2.05, 4.69) is 13.8 Å². The monoisotopic (exact) mass is 250 g/mol. The van der Waals surface area contributed by atoms with Gasteiger partial charge in [0.05, 0.1) is 24.4 Å². The lowest BCUT2D eigenvalue weighted by Crippen LogP contribution is -2.39. The van der Waals surface area contributed by atoms with Crippen LogP contribution in [0.2, 0.25) is 0 Å². The average molecular weight is 250 g/mol. The summed E-state index contributed by atoms with van der Waals surface area (Å²) in [5.74, 6) is 1.79. The van der Waals surface area contributed by atoms with Crippen LogP contribution >= 0.6 is 0 Å². The highest BCUT2D eigenvalue weighted by atomic mass is 16.6. The molecule has 2 heterocycles. The minimum absolute atomic E-state index is 0.536. The van der Waals surface area contributed by atoms with Crippen LogP contribution in [-0.2, 0) is 9.47 Å². The summed E-state index contributed by atoms with van der Waals surface area (Å²) in [7, 11) is 0. The third-order valence-corrected chi connectivity index (χ3v) is 6.64. The molecule has 102 valence electrons. The van der Waals surface area contributed by atoms with Crippen molar-refractivity contribution < 1.29 is 9.47 Å². The maximum Gasteiger partial charge on any atom is 0.0844 e. The Balaban J connectivity index is 1.49. The highest BCUT2D eigenvalue weighted by molar-refractivity contribution is 5.02. The van der Waals surface area contributed by atoms with Crippen molar-refractivity contribution in [1.82, 2.24) is 0 Å². The molecule has 2 aliphatic heterocycles. The number of hydrogen-bond acceptors (Lipinski definition) is 2. The Morgan fingerprint density at radius 2 is 1.33 bits per heavy atom. The van der Waals surface area contributed by atoms with Gasteiger partial charge < -0.3 is 9.47 Å². The lowest BCUT2D eigenvalue weighted by molar-refractivity contribution is 0.0442. The normalized spacial score (nSPS) is 53.0. The van der Waals surface area contributed by atoms with Gasteiger partial charge in [-0.1, -0.05) is 20.3 Å². The van der Waals surface area contributed by atoms with Crippen molar-refractivity contribution in [2.75, 3.05) is 0 Å². The summed E-state index contributed by atoms with van der Waals surface area (Å²) in [6, 6.07) is 0. The molecule has 18 heavy (non-hydrogen) atoms. The van der Waals surface area contributed by atoms with E-state index in [4.69, 9.17) is 9.47 Å². The molecule has 0 aromatic heterocycles. The quantitative estimate of drug-likeness (QED) is 0.716. The molecular formula is C16H26O2. The van der Waals surface area contributed by atoms with E-state index in [0.29, 0.717) is 29.8 Å². The number of fused-ring (bicyclic) bond motifs is 2. The van der Waals surface area contributed by atoms with Gasteiger partial charge in [0.2, 0.25) is 0 Å². The number of hydrogen-bond donors (Lipinski definition) is 0. The second-order valence-electron chi connectivity index (χ2n) is 7.31. The summed E-state index contributed by atoms with van der Waals surface area (Å²) in [5, 5.41) is 0. The van der Waals surface area contributed by atoms with Gasteiger partial charge in [0.25, 0.3) is 0 Å². The van der Waals surface area contributed by atoms with Crippen molar-refractivity contribution >= 4 is 0 Å². The first-order chi connectivity index (χ1) is 8.70. The summed E-state index contributed by atoms with van der Waals surface area (Å²) in [4.78, 5) is 0. The standard InChI is InChI=1S/C16H26O2/c1-3-16(2,10-4-6-12-14(8-10)17-12)11-5-7-13-15(9-11)18-13/h10-15H,3-9H2,1-2H3. The molecule has 2 aliphatic carbocycles. The van der Waals surface area contributed by atoms with Crippen molar-refractivity contribution in [2.24, 2.45) is 17.3 Å². The third-order valence-electron chi connectivity index (χ3n) is 6.64. The van der Waals surface area contributed by atoms with E-state index in [1.54, 1.807) is 0 Å². The molecule has 4 rings (SSSR count). The lowest BCUT2D eigenvalue weighted by atomic mass is 9.59. The second-order valence-corrected chi connectivity index (χ2v) is 7.31. The van der Waals surface area contributed by atoms with Gasteiger partial charge in [-0.15, -0.1) is 0 Å². The fourth-order valence-corrected chi connectivity index (χ4v) is 4.92. The molecule has 6 atom stereocenters. The molecule has 0 N–H and O–H groups in total. The zero-order chi connectivity index (χ0) is 12.3. The van der Waals surface area contributed by atoms with Crippen LogP contribution in [0.4, 0.5) is 0 Å². The zero-order valence-electron chi connectivity index (χ0n) is 11.7. The van der Waals surface area contributed by atoms with Gasteiger partial charge in [-0.3, -0.25) is 0 Å². The van der Waals surface area contributed by atoms with E-state index >= 15 is 0 Å². The van der Waals surface area contributed by atoms with Gasteiger partial charge in [-0.25, -0.2) is 0 Å².